The van der Waals surface area contributed by atoms with Crippen LogP contribution in [0.3, 0.4) is 0 Å². The molecular formula is C6H14O5. The first-order valence-corrected chi connectivity index (χ1v) is 3.19. The van der Waals surface area contributed by atoms with Crippen molar-refractivity contribution in [2.75, 3.05) is 13.2 Å². The smallest absolute Gasteiger partial charge is 0.450 e. The molecule has 1 unspecified atom stereocenters. The molecule has 0 rings (SSSR count). The summed E-state index contributed by atoms with van der Waals surface area (Å²) in [5.41, 5.74) is 0. The van der Waals surface area contributed by atoms with E-state index >= 15 is 0 Å². The van der Waals surface area contributed by atoms with Crippen molar-refractivity contribution in [3.63, 3.8) is 0 Å². The summed E-state index contributed by atoms with van der Waals surface area (Å²) in [4.78, 5) is 9.38. The zero-order valence-electron chi connectivity index (χ0n) is 6.65. The van der Waals surface area contributed by atoms with Crippen LogP contribution in [-0.4, -0.2) is 40.8 Å². The molecule has 0 aromatic heterocycles. The molecule has 0 aliphatic rings. The zero-order valence-corrected chi connectivity index (χ0v) is 6.65. The van der Waals surface area contributed by atoms with E-state index in [1.807, 2.05) is 0 Å². The lowest BCUT2D eigenvalue weighted by Gasteiger charge is -1.90. The molecule has 0 aliphatic carbocycles. The number of carboxylic acid groups (broad SMARTS) is 1. The average Bonchev–Trinajstić information content (AvgIpc) is 1.89. The van der Waals surface area contributed by atoms with E-state index in [0.29, 0.717) is 0 Å². The van der Waals surface area contributed by atoms with Gasteiger partial charge in [0.05, 0.1) is 19.3 Å². The Hall–Kier alpha value is -0.810. The summed E-state index contributed by atoms with van der Waals surface area (Å²) < 4.78 is 3.96. The molecule has 5 heteroatoms. The number of rotatable bonds is 2. The predicted molar refractivity (Wildman–Crippen MR) is 38.4 cm³/mol. The second-order valence-electron chi connectivity index (χ2n) is 1.73. The molecule has 0 saturated heterocycles. The molecule has 0 aromatic carbocycles. The number of carbonyl (C=O) groups is 1. The van der Waals surface area contributed by atoms with Gasteiger partial charge in [0.1, 0.15) is 0 Å². The molecule has 0 saturated carbocycles. The molecule has 0 radical (unpaired) electrons. The van der Waals surface area contributed by atoms with Gasteiger partial charge in [0.15, 0.2) is 0 Å². The normalized spacial score (nSPS) is 10.9. The van der Waals surface area contributed by atoms with Gasteiger partial charge >= 0.3 is 6.16 Å². The molecular weight excluding hydrogens is 152 g/mol. The predicted octanol–water partition coefficient (Wildman–Crippen LogP) is 0.0604. The van der Waals surface area contributed by atoms with Crippen LogP contribution >= 0.6 is 0 Å². The highest BCUT2D eigenvalue weighted by atomic mass is 16.7. The first-order valence-electron chi connectivity index (χ1n) is 3.19. The van der Waals surface area contributed by atoms with Crippen molar-refractivity contribution in [2.24, 2.45) is 0 Å². The molecule has 0 heterocycles. The van der Waals surface area contributed by atoms with E-state index in [9.17, 15) is 4.79 Å². The Balaban J connectivity index is 0. The number of hydrogen-bond acceptors (Lipinski definition) is 4. The van der Waals surface area contributed by atoms with Crippen molar-refractivity contribution >= 4 is 6.16 Å². The van der Waals surface area contributed by atoms with Crippen molar-refractivity contribution in [1.82, 2.24) is 0 Å². The van der Waals surface area contributed by atoms with Gasteiger partial charge in [0.25, 0.3) is 0 Å². The fourth-order valence-electron chi connectivity index (χ4n) is 0.123. The lowest BCUT2D eigenvalue weighted by atomic mass is 10.5. The summed E-state index contributed by atoms with van der Waals surface area (Å²) in [6.45, 7) is 3.24. The molecule has 5 nitrogen and oxygen atoms in total. The van der Waals surface area contributed by atoms with Gasteiger partial charge in [-0.2, -0.15) is 0 Å². The number of hydrogen-bond donors (Lipinski definition) is 3. The van der Waals surface area contributed by atoms with Crippen LogP contribution in [0.4, 0.5) is 4.79 Å². The Labute approximate surface area is 65.2 Å². The van der Waals surface area contributed by atoms with E-state index < -0.39 is 12.3 Å². The largest absolute Gasteiger partial charge is 0.505 e. The summed E-state index contributed by atoms with van der Waals surface area (Å²) in [7, 11) is 0. The molecule has 0 bridgehead atoms. The summed E-state index contributed by atoms with van der Waals surface area (Å²) in [5, 5.41) is 23.7. The third-order valence-electron chi connectivity index (χ3n) is 0.532. The van der Waals surface area contributed by atoms with Crippen LogP contribution in [0.15, 0.2) is 0 Å². The van der Waals surface area contributed by atoms with E-state index in [2.05, 4.69) is 4.74 Å². The van der Waals surface area contributed by atoms with Crippen molar-refractivity contribution in [3.8, 4) is 0 Å². The first-order chi connectivity index (χ1) is 5.04. The molecule has 0 fully saturated rings. The van der Waals surface area contributed by atoms with Crippen LogP contribution in [-0.2, 0) is 4.74 Å². The minimum Gasteiger partial charge on any atom is -0.450 e. The van der Waals surface area contributed by atoms with E-state index in [0.717, 1.165) is 0 Å². The third-order valence-corrected chi connectivity index (χ3v) is 0.532. The third kappa shape index (κ3) is 27.1. The van der Waals surface area contributed by atoms with Gasteiger partial charge in [-0.1, -0.05) is 0 Å². The van der Waals surface area contributed by atoms with Gasteiger partial charge < -0.3 is 20.1 Å². The fraction of sp³-hybridized carbons (Fsp3) is 0.833. The van der Waals surface area contributed by atoms with Gasteiger partial charge in [-0.15, -0.1) is 0 Å². The first kappa shape index (κ1) is 12.8. The molecule has 0 aromatic rings. The lowest BCUT2D eigenvalue weighted by Crippen LogP contribution is -2.03. The van der Waals surface area contributed by atoms with Gasteiger partial charge in [-0.05, 0) is 13.8 Å². The molecule has 0 aliphatic heterocycles. The van der Waals surface area contributed by atoms with Crippen LogP contribution in [0.25, 0.3) is 0 Å². The maximum absolute atomic E-state index is 9.38. The van der Waals surface area contributed by atoms with Crippen molar-refractivity contribution < 1.29 is 24.9 Å². The van der Waals surface area contributed by atoms with E-state index in [1.54, 1.807) is 6.92 Å². The van der Waals surface area contributed by atoms with Crippen LogP contribution < -0.4 is 0 Å². The molecule has 68 valence electrons. The summed E-state index contributed by atoms with van der Waals surface area (Å²) in [6.07, 6.45) is -1.77. The Morgan fingerprint density at radius 3 is 2.00 bits per heavy atom. The number of aliphatic hydroxyl groups excluding tert-OH is 2. The highest BCUT2D eigenvalue weighted by molar-refractivity contribution is 5.56. The van der Waals surface area contributed by atoms with Crippen molar-refractivity contribution in [3.05, 3.63) is 0 Å². The summed E-state index contributed by atoms with van der Waals surface area (Å²) >= 11 is 0. The number of aliphatic hydroxyl groups is 2. The van der Waals surface area contributed by atoms with Crippen LogP contribution in [0.2, 0.25) is 0 Å². The molecule has 1 atom stereocenters. The second kappa shape index (κ2) is 9.19. The molecule has 0 amide bonds. The highest BCUT2D eigenvalue weighted by Crippen LogP contribution is 1.69. The maximum atomic E-state index is 9.38. The van der Waals surface area contributed by atoms with E-state index in [-0.39, 0.29) is 13.2 Å². The minimum absolute atomic E-state index is 0.139. The summed E-state index contributed by atoms with van der Waals surface area (Å²) in [5.74, 6) is 0. The minimum atomic E-state index is -1.21. The standard InChI is InChI=1S/C3H6O3.C3H8O2/c1-2-6-3(4)5;1-3(5)2-4/h2H2,1H3,(H,4,5);3-5H,2H2,1H3. The quantitative estimate of drug-likeness (QED) is 0.505. The Bertz CT molecular complexity index is 91.0. The van der Waals surface area contributed by atoms with Crippen LogP contribution in [0, 0.1) is 0 Å². The molecule has 0 spiro atoms. The Morgan fingerprint density at radius 1 is 1.64 bits per heavy atom. The van der Waals surface area contributed by atoms with E-state index in [1.165, 1.54) is 6.92 Å². The highest BCUT2D eigenvalue weighted by Gasteiger charge is 1.86. The number of ether oxygens (including phenoxy) is 1. The Kier molecular flexibility index (Phi) is 10.7. The zero-order chi connectivity index (χ0) is 9.28. The van der Waals surface area contributed by atoms with Gasteiger partial charge in [-0.25, -0.2) is 4.79 Å². The van der Waals surface area contributed by atoms with Gasteiger partial charge in [0.2, 0.25) is 0 Å². The topological polar surface area (TPSA) is 87.0 Å². The van der Waals surface area contributed by atoms with Gasteiger partial charge in [-0.3, -0.25) is 0 Å². The monoisotopic (exact) mass is 166 g/mol. The van der Waals surface area contributed by atoms with Crippen LogP contribution in [0.1, 0.15) is 13.8 Å². The fourth-order valence-corrected chi connectivity index (χ4v) is 0.123. The average molecular weight is 166 g/mol. The maximum Gasteiger partial charge on any atom is 0.505 e. The van der Waals surface area contributed by atoms with Crippen molar-refractivity contribution in [1.29, 1.82) is 0 Å². The van der Waals surface area contributed by atoms with E-state index in [4.69, 9.17) is 15.3 Å². The van der Waals surface area contributed by atoms with Crippen LogP contribution in [0.5, 0.6) is 0 Å². The summed E-state index contributed by atoms with van der Waals surface area (Å²) in [6, 6.07) is 0. The molecule has 11 heavy (non-hydrogen) atoms. The Morgan fingerprint density at radius 2 is 2.00 bits per heavy atom. The lowest BCUT2D eigenvalue weighted by molar-refractivity contribution is 0.0966. The SMILES string of the molecule is CC(O)CO.CCOC(=O)O. The molecule has 3 N–H and O–H groups in total. The van der Waals surface area contributed by atoms with Crippen molar-refractivity contribution in [2.45, 2.75) is 20.0 Å². The second-order valence-corrected chi connectivity index (χ2v) is 1.73. The van der Waals surface area contributed by atoms with Gasteiger partial charge in [0, 0.05) is 0 Å².